The number of rotatable bonds is 6. The summed E-state index contributed by atoms with van der Waals surface area (Å²) < 4.78 is 5.55. The van der Waals surface area contributed by atoms with Crippen molar-refractivity contribution in [2.45, 2.75) is 13.3 Å². The van der Waals surface area contributed by atoms with Crippen molar-refractivity contribution in [2.75, 3.05) is 11.9 Å². The molecule has 0 atom stereocenters. The van der Waals surface area contributed by atoms with Crippen LogP contribution in [0.5, 0.6) is 5.75 Å². The lowest BCUT2D eigenvalue weighted by Gasteiger charge is -2.11. The maximum atomic E-state index is 12.4. The van der Waals surface area contributed by atoms with Crippen molar-refractivity contribution in [1.29, 1.82) is 0 Å². The minimum atomic E-state index is -0.654. The van der Waals surface area contributed by atoms with Crippen molar-refractivity contribution >= 4 is 17.6 Å². The van der Waals surface area contributed by atoms with Crippen LogP contribution in [-0.2, 0) is 0 Å². The van der Waals surface area contributed by atoms with Crippen LogP contribution in [0.3, 0.4) is 0 Å². The van der Waals surface area contributed by atoms with Crippen molar-refractivity contribution in [3.8, 4) is 5.75 Å². The van der Waals surface area contributed by atoms with E-state index in [1.54, 1.807) is 30.3 Å². The Hall–Kier alpha value is -2.89. The van der Waals surface area contributed by atoms with Crippen molar-refractivity contribution < 1.29 is 14.3 Å². The number of nitrogens with zero attached hydrogens (tertiary/aromatic N) is 1. The molecule has 2 amide bonds. The number of benzene rings is 1. The van der Waals surface area contributed by atoms with E-state index in [9.17, 15) is 9.59 Å². The number of para-hydroxylation sites is 1. The van der Waals surface area contributed by atoms with Gasteiger partial charge in [0.15, 0.2) is 0 Å². The highest BCUT2D eigenvalue weighted by Crippen LogP contribution is 2.20. The normalized spacial score (nSPS) is 10.0. The monoisotopic (exact) mass is 299 g/mol. The molecule has 0 aliphatic carbocycles. The highest BCUT2D eigenvalue weighted by Gasteiger charge is 2.16. The second-order valence-corrected chi connectivity index (χ2v) is 4.56. The van der Waals surface area contributed by atoms with E-state index in [1.807, 2.05) is 6.92 Å². The van der Waals surface area contributed by atoms with Gasteiger partial charge in [-0.05, 0) is 30.7 Å². The van der Waals surface area contributed by atoms with E-state index in [4.69, 9.17) is 10.5 Å². The number of anilines is 1. The van der Waals surface area contributed by atoms with Crippen LogP contribution in [0.15, 0.2) is 42.6 Å². The fraction of sp³-hybridized carbons (Fsp3) is 0.188. The summed E-state index contributed by atoms with van der Waals surface area (Å²) in [4.78, 5) is 27.7. The molecular weight excluding hydrogens is 282 g/mol. The molecule has 0 unspecified atom stereocenters. The second-order valence-electron chi connectivity index (χ2n) is 4.56. The number of carbonyl (C=O) groups excluding carboxylic acids is 2. The number of ether oxygens (including phenoxy) is 1. The molecular formula is C16H17N3O3. The second kappa shape index (κ2) is 7.21. The number of carbonyl (C=O) groups is 2. The summed E-state index contributed by atoms with van der Waals surface area (Å²) in [7, 11) is 0. The average molecular weight is 299 g/mol. The highest BCUT2D eigenvalue weighted by molar-refractivity contribution is 6.09. The number of nitrogens with two attached hydrogens (primary N) is 1. The maximum absolute atomic E-state index is 12.4. The first-order chi connectivity index (χ1) is 10.6. The molecule has 22 heavy (non-hydrogen) atoms. The number of primary amides is 1. The molecule has 114 valence electrons. The van der Waals surface area contributed by atoms with Crippen LogP contribution in [0.4, 0.5) is 5.82 Å². The number of nitrogens with one attached hydrogen (secondary N) is 1. The summed E-state index contributed by atoms with van der Waals surface area (Å²) in [5, 5.41) is 2.59. The van der Waals surface area contributed by atoms with Gasteiger partial charge in [-0.2, -0.15) is 0 Å². The van der Waals surface area contributed by atoms with Crippen molar-refractivity contribution in [2.24, 2.45) is 5.73 Å². The molecule has 0 spiro atoms. The van der Waals surface area contributed by atoms with E-state index < -0.39 is 11.8 Å². The third kappa shape index (κ3) is 3.60. The zero-order valence-corrected chi connectivity index (χ0v) is 12.2. The topological polar surface area (TPSA) is 94.3 Å². The van der Waals surface area contributed by atoms with E-state index in [2.05, 4.69) is 10.3 Å². The third-order valence-corrected chi connectivity index (χ3v) is 2.90. The van der Waals surface area contributed by atoms with Gasteiger partial charge >= 0.3 is 0 Å². The van der Waals surface area contributed by atoms with E-state index >= 15 is 0 Å². The van der Waals surface area contributed by atoms with Gasteiger partial charge in [-0.3, -0.25) is 9.59 Å². The summed E-state index contributed by atoms with van der Waals surface area (Å²) in [6.45, 7) is 2.50. The van der Waals surface area contributed by atoms with Crippen LogP contribution in [0.25, 0.3) is 0 Å². The van der Waals surface area contributed by atoms with Gasteiger partial charge in [0, 0.05) is 6.20 Å². The molecule has 0 aliphatic heterocycles. The lowest BCUT2D eigenvalue weighted by molar-refractivity contribution is 0.100. The molecule has 0 saturated heterocycles. The van der Waals surface area contributed by atoms with Crippen LogP contribution in [0.2, 0.25) is 0 Å². The van der Waals surface area contributed by atoms with Crippen LogP contribution in [0.1, 0.15) is 34.1 Å². The first-order valence-corrected chi connectivity index (χ1v) is 6.91. The maximum Gasteiger partial charge on any atom is 0.260 e. The van der Waals surface area contributed by atoms with Gasteiger partial charge in [0.1, 0.15) is 11.6 Å². The lowest BCUT2D eigenvalue weighted by Crippen LogP contribution is -2.20. The van der Waals surface area contributed by atoms with Crippen LogP contribution >= 0.6 is 0 Å². The summed E-state index contributed by atoms with van der Waals surface area (Å²) in [5.74, 6) is -0.449. The third-order valence-electron chi connectivity index (χ3n) is 2.90. The van der Waals surface area contributed by atoms with Crippen molar-refractivity contribution in [3.63, 3.8) is 0 Å². The summed E-state index contributed by atoms with van der Waals surface area (Å²) in [5.41, 5.74) is 5.80. The molecule has 6 heteroatoms. The Bertz CT molecular complexity index is 686. The zero-order chi connectivity index (χ0) is 15.9. The molecule has 1 aromatic heterocycles. The number of pyridine rings is 1. The average Bonchev–Trinajstić information content (AvgIpc) is 2.53. The first-order valence-electron chi connectivity index (χ1n) is 6.91. The van der Waals surface area contributed by atoms with E-state index in [1.165, 1.54) is 12.3 Å². The fourth-order valence-corrected chi connectivity index (χ4v) is 1.87. The van der Waals surface area contributed by atoms with Crippen LogP contribution in [-0.4, -0.2) is 23.4 Å². The minimum Gasteiger partial charge on any atom is -0.493 e. The number of aromatic nitrogens is 1. The van der Waals surface area contributed by atoms with Gasteiger partial charge in [0.2, 0.25) is 0 Å². The Kier molecular flexibility index (Phi) is 5.08. The highest BCUT2D eigenvalue weighted by atomic mass is 16.5. The minimum absolute atomic E-state index is 0.130. The number of hydrogen-bond acceptors (Lipinski definition) is 4. The van der Waals surface area contributed by atoms with E-state index in [-0.39, 0.29) is 11.4 Å². The number of amides is 2. The number of hydrogen-bond donors (Lipinski definition) is 2. The molecule has 3 N–H and O–H groups in total. The summed E-state index contributed by atoms with van der Waals surface area (Å²) >= 11 is 0. The van der Waals surface area contributed by atoms with Gasteiger partial charge < -0.3 is 15.8 Å². The molecule has 0 aliphatic rings. The van der Waals surface area contributed by atoms with Gasteiger partial charge in [-0.15, -0.1) is 0 Å². The Balaban J connectivity index is 2.25. The lowest BCUT2D eigenvalue weighted by atomic mass is 10.1. The Labute approximate surface area is 128 Å². The van der Waals surface area contributed by atoms with Gasteiger partial charge in [-0.1, -0.05) is 19.1 Å². The van der Waals surface area contributed by atoms with Gasteiger partial charge in [0.25, 0.3) is 11.8 Å². The van der Waals surface area contributed by atoms with Crippen LogP contribution < -0.4 is 15.8 Å². The predicted molar refractivity (Wildman–Crippen MR) is 82.9 cm³/mol. The molecule has 2 aromatic rings. The van der Waals surface area contributed by atoms with Crippen LogP contribution in [0, 0.1) is 0 Å². The van der Waals surface area contributed by atoms with Crippen molar-refractivity contribution in [3.05, 3.63) is 53.7 Å². The Morgan fingerprint density at radius 2 is 1.91 bits per heavy atom. The molecule has 2 rings (SSSR count). The van der Waals surface area contributed by atoms with Gasteiger partial charge in [-0.25, -0.2) is 4.98 Å². The molecule has 0 fully saturated rings. The summed E-state index contributed by atoms with van der Waals surface area (Å²) in [6, 6.07) is 9.97. The predicted octanol–water partition coefficient (Wildman–Crippen LogP) is 2.22. The molecule has 1 heterocycles. The molecule has 0 saturated carbocycles. The zero-order valence-electron chi connectivity index (χ0n) is 12.2. The molecule has 0 radical (unpaired) electrons. The van der Waals surface area contributed by atoms with Crippen molar-refractivity contribution in [1.82, 2.24) is 4.98 Å². The van der Waals surface area contributed by atoms with E-state index in [0.717, 1.165) is 6.42 Å². The quantitative estimate of drug-likeness (QED) is 0.855. The first kappa shape index (κ1) is 15.5. The molecule has 6 nitrogen and oxygen atoms in total. The Morgan fingerprint density at radius 3 is 2.64 bits per heavy atom. The van der Waals surface area contributed by atoms with E-state index in [0.29, 0.717) is 17.9 Å². The Morgan fingerprint density at radius 1 is 1.18 bits per heavy atom. The standard InChI is InChI=1S/C16H17N3O3/c1-2-10-22-13-8-4-3-6-11(13)16(21)19-15-12(14(17)20)7-5-9-18-15/h3-9H,2,10H2,1H3,(H2,17,20)(H,18,19,21). The SMILES string of the molecule is CCCOc1ccccc1C(=O)Nc1ncccc1C(N)=O. The largest absolute Gasteiger partial charge is 0.493 e. The smallest absolute Gasteiger partial charge is 0.260 e. The molecule has 1 aromatic carbocycles. The molecule has 0 bridgehead atoms. The fourth-order valence-electron chi connectivity index (χ4n) is 1.87. The van der Waals surface area contributed by atoms with Gasteiger partial charge in [0.05, 0.1) is 17.7 Å². The summed E-state index contributed by atoms with van der Waals surface area (Å²) in [6.07, 6.45) is 2.31.